The highest BCUT2D eigenvalue weighted by Crippen LogP contribution is 2.30. The average Bonchev–Trinajstić information content (AvgIpc) is 3.03. The van der Waals surface area contributed by atoms with Crippen LogP contribution in [0.4, 0.5) is 10.1 Å². The smallest absolute Gasteiger partial charge is 0.240 e. The molecule has 2 aromatic rings. The number of hydrogen-bond acceptors (Lipinski definition) is 5. The maximum absolute atomic E-state index is 13.9. The highest BCUT2D eigenvalue weighted by atomic mass is 32.2. The molecular formula is C16H18FN3O2S. The molecule has 5 nitrogen and oxygen atoms in total. The van der Waals surface area contributed by atoms with Crippen LogP contribution in [-0.2, 0) is 17.0 Å². The number of halogens is 1. The van der Waals surface area contributed by atoms with Crippen molar-refractivity contribution in [3.05, 3.63) is 41.8 Å². The summed E-state index contributed by atoms with van der Waals surface area (Å²) in [5.74, 6) is 1.28. The Bertz CT molecular complexity index is 691. The first kappa shape index (κ1) is 16.0. The molecule has 1 fully saturated rings. The van der Waals surface area contributed by atoms with E-state index in [1.807, 2.05) is 6.92 Å². The minimum absolute atomic E-state index is 0.0541. The van der Waals surface area contributed by atoms with Gasteiger partial charge < -0.3 is 9.42 Å². The van der Waals surface area contributed by atoms with E-state index in [2.05, 4.69) is 10.1 Å². The topological polar surface area (TPSA) is 59.2 Å². The maximum Gasteiger partial charge on any atom is 0.240 e. The third-order valence-electron chi connectivity index (χ3n) is 3.77. The Morgan fingerprint density at radius 3 is 3.00 bits per heavy atom. The van der Waals surface area contributed by atoms with Gasteiger partial charge in [0.25, 0.3) is 0 Å². The third kappa shape index (κ3) is 3.55. The first-order chi connectivity index (χ1) is 11.2. The number of para-hydroxylation sites is 1. The molecule has 1 aromatic heterocycles. The summed E-state index contributed by atoms with van der Waals surface area (Å²) >= 11 is 1.48. The molecule has 3 rings (SSSR count). The van der Waals surface area contributed by atoms with Crippen LogP contribution in [0.3, 0.4) is 0 Å². The number of benzene rings is 1. The number of aryl methyl sites for hydroxylation is 1. The minimum Gasteiger partial charge on any atom is -0.338 e. The zero-order chi connectivity index (χ0) is 16.2. The highest BCUT2D eigenvalue weighted by molar-refractivity contribution is 7.99. The van der Waals surface area contributed by atoms with Crippen LogP contribution in [0.1, 0.15) is 31.5 Å². The Morgan fingerprint density at radius 2 is 2.26 bits per heavy atom. The fraction of sp³-hybridized carbons (Fsp3) is 0.438. The molecule has 0 aliphatic carbocycles. The summed E-state index contributed by atoms with van der Waals surface area (Å²) in [4.78, 5) is 18.4. The largest absolute Gasteiger partial charge is 0.338 e. The predicted octanol–water partition coefficient (Wildman–Crippen LogP) is 3.20. The van der Waals surface area contributed by atoms with Gasteiger partial charge in [-0.1, -0.05) is 24.2 Å². The molecule has 7 heteroatoms. The van der Waals surface area contributed by atoms with Crippen molar-refractivity contribution < 1.29 is 13.7 Å². The average molecular weight is 335 g/mol. The van der Waals surface area contributed by atoms with Crippen molar-refractivity contribution in [1.29, 1.82) is 0 Å². The molecule has 0 saturated carbocycles. The van der Waals surface area contributed by atoms with Crippen LogP contribution in [0.2, 0.25) is 0 Å². The van der Waals surface area contributed by atoms with Crippen LogP contribution in [0.5, 0.6) is 0 Å². The van der Waals surface area contributed by atoms with Gasteiger partial charge in [0.05, 0.1) is 16.7 Å². The van der Waals surface area contributed by atoms with Gasteiger partial charge in [-0.3, -0.25) is 4.79 Å². The van der Waals surface area contributed by atoms with Crippen LogP contribution in [0, 0.1) is 5.82 Å². The summed E-state index contributed by atoms with van der Waals surface area (Å²) in [7, 11) is 0. The van der Waals surface area contributed by atoms with E-state index in [1.165, 1.54) is 17.8 Å². The number of piperidine rings is 1. The van der Waals surface area contributed by atoms with Crippen molar-refractivity contribution >= 4 is 23.4 Å². The second kappa shape index (κ2) is 7.12. The van der Waals surface area contributed by atoms with E-state index in [4.69, 9.17) is 4.52 Å². The molecule has 1 aliphatic heterocycles. The second-order valence-corrected chi connectivity index (χ2v) is 6.53. The summed E-state index contributed by atoms with van der Waals surface area (Å²) in [5.41, 5.74) is 0.355. The lowest BCUT2D eigenvalue weighted by Crippen LogP contribution is -2.43. The molecule has 0 radical (unpaired) electrons. The van der Waals surface area contributed by atoms with E-state index < -0.39 is 0 Å². The van der Waals surface area contributed by atoms with Gasteiger partial charge in [0.1, 0.15) is 5.82 Å². The number of carbonyl (C=O) groups is 1. The fourth-order valence-electron chi connectivity index (χ4n) is 2.57. The first-order valence-electron chi connectivity index (χ1n) is 7.68. The quantitative estimate of drug-likeness (QED) is 0.840. The van der Waals surface area contributed by atoms with E-state index in [-0.39, 0.29) is 17.0 Å². The molecule has 0 unspecified atom stereocenters. The van der Waals surface area contributed by atoms with Crippen molar-refractivity contribution in [2.75, 3.05) is 11.4 Å². The normalized spacial score (nSPS) is 18.4. The number of hydrogen-bond donors (Lipinski definition) is 0. The van der Waals surface area contributed by atoms with Crippen LogP contribution in [0.15, 0.2) is 28.8 Å². The molecule has 0 spiro atoms. The zero-order valence-electron chi connectivity index (χ0n) is 12.9. The SMILES string of the molecule is CCc1noc(CS[C@H]2CCCN(c3ccccc3F)C2=O)n1. The fourth-order valence-corrected chi connectivity index (χ4v) is 3.64. The lowest BCUT2D eigenvalue weighted by molar-refractivity contribution is -0.119. The molecule has 1 aromatic carbocycles. The van der Waals surface area contributed by atoms with Gasteiger partial charge in [0.15, 0.2) is 5.82 Å². The highest BCUT2D eigenvalue weighted by Gasteiger charge is 2.31. The molecule has 1 aliphatic rings. The maximum atomic E-state index is 13.9. The number of nitrogens with zero attached hydrogens (tertiary/aromatic N) is 3. The van der Waals surface area contributed by atoms with Gasteiger partial charge in [0.2, 0.25) is 11.8 Å². The molecule has 0 bridgehead atoms. The lowest BCUT2D eigenvalue weighted by Gasteiger charge is -2.32. The molecule has 2 heterocycles. The van der Waals surface area contributed by atoms with E-state index >= 15 is 0 Å². The molecule has 23 heavy (non-hydrogen) atoms. The van der Waals surface area contributed by atoms with Crippen LogP contribution in [-0.4, -0.2) is 27.8 Å². The van der Waals surface area contributed by atoms with Gasteiger partial charge in [-0.25, -0.2) is 4.39 Å². The molecule has 122 valence electrons. The summed E-state index contributed by atoms with van der Waals surface area (Å²) in [5, 5.41) is 3.64. The lowest BCUT2D eigenvalue weighted by atomic mass is 10.1. The van der Waals surface area contributed by atoms with Gasteiger partial charge in [0, 0.05) is 13.0 Å². The summed E-state index contributed by atoms with van der Waals surface area (Å²) < 4.78 is 19.1. The van der Waals surface area contributed by atoms with Crippen LogP contribution < -0.4 is 4.90 Å². The second-order valence-electron chi connectivity index (χ2n) is 5.34. The van der Waals surface area contributed by atoms with Crippen molar-refractivity contribution in [1.82, 2.24) is 10.1 Å². The Morgan fingerprint density at radius 1 is 1.43 bits per heavy atom. The number of carbonyl (C=O) groups excluding carboxylic acids is 1. The summed E-state index contributed by atoms with van der Waals surface area (Å²) in [6.07, 6.45) is 2.35. The van der Waals surface area contributed by atoms with Crippen LogP contribution >= 0.6 is 11.8 Å². The van der Waals surface area contributed by atoms with Crippen molar-refractivity contribution in [2.45, 2.75) is 37.2 Å². The van der Waals surface area contributed by atoms with E-state index in [0.29, 0.717) is 29.7 Å². The van der Waals surface area contributed by atoms with Crippen molar-refractivity contribution in [2.24, 2.45) is 0 Å². The van der Waals surface area contributed by atoms with Gasteiger partial charge >= 0.3 is 0 Å². The molecular weight excluding hydrogens is 317 g/mol. The first-order valence-corrected chi connectivity index (χ1v) is 8.73. The van der Waals surface area contributed by atoms with E-state index in [1.54, 1.807) is 23.1 Å². The number of rotatable bonds is 5. The Kier molecular flexibility index (Phi) is 4.95. The monoisotopic (exact) mass is 335 g/mol. The minimum atomic E-state index is -0.365. The molecule has 0 N–H and O–H groups in total. The Balaban J connectivity index is 1.66. The molecule has 1 saturated heterocycles. The third-order valence-corrected chi connectivity index (χ3v) is 5.02. The molecule has 1 amide bonds. The van der Waals surface area contributed by atoms with E-state index in [9.17, 15) is 9.18 Å². The van der Waals surface area contributed by atoms with Gasteiger partial charge in [-0.2, -0.15) is 4.98 Å². The Hall–Kier alpha value is -1.89. The summed E-state index contributed by atoms with van der Waals surface area (Å²) in [6, 6.07) is 6.39. The van der Waals surface area contributed by atoms with Crippen LogP contribution in [0.25, 0.3) is 0 Å². The molecule has 1 atom stereocenters. The van der Waals surface area contributed by atoms with E-state index in [0.717, 1.165) is 19.3 Å². The standard InChI is InChI=1S/C16H18FN3O2S/c1-2-14-18-15(22-19-14)10-23-13-8-5-9-20(16(13)21)12-7-4-3-6-11(12)17/h3-4,6-7,13H,2,5,8-10H2,1H3/t13-/m0/s1. The van der Waals surface area contributed by atoms with Gasteiger partial charge in [-0.15, -0.1) is 11.8 Å². The van der Waals surface area contributed by atoms with Crippen molar-refractivity contribution in [3.8, 4) is 0 Å². The zero-order valence-corrected chi connectivity index (χ0v) is 13.7. The van der Waals surface area contributed by atoms with Gasteiger partial charge in [-0.05, 0) is 25.0 Å². The predicted molar refractivity (Wildman–Crippen MR) is 86.7 cm³/mol. The number of amides is 1. The Labute approximate surface area is 138 Å². The number of anilines is 1. The van der Waals surface area contributed by atoms with Crippen molar-refractivity contribution in [3.63, 3.8) is 0 Å². The number of thioether (sulfide) groups is 1. The number of aromatic nitrogens is 2. The summed E-state index contributed by atoms with van der Waals surface area (Å²) in [6.45, 7) is 2.51.